The molecule has 2 aromatic heterocycles. The lowest BCUT2D eigenvalue weighted by atomic mass is 9.92. The van der Waals surface area contributed by atoms with E-state index in [4.69, 9.17) is 9.47 Å². The molecule has 8 nitrogen and oxygen atoms in total. The zero-order chi connectivity index (χ0) is 22.6. The highest BCUT2D eigenvalue weighted by Gasteiger charge is 2.23. The fraction of sp³-hybridized carbons (Fsp3) is 0.364. The van der Waals surface area contributed by atoms with Gasteiger partial charge in [0, 0.05) is 29.4 Å². The molecule has 0 bridgehead atoms. The fourth-order valence-electron chi connectivity index (χ4n) is 2.77. The van der Waals surface area contributed by atoms with E-state index in [2.05, 4.69) is 36.3 Å². The topological polar surface area (TPSA) is 91.2 Å². The average Bonchev–Trinajstić information content (AvgIpc) is 3.17. The normalized spacial score (nSPS) is 11.3. The van der Waals surface area contributed by atoms with Gasteiger partial charge < -0.3 is 14.8 Å². The Balaban J connectivity index is 1.96. The van der Waals surface area contributed by atoms with E-state index in [-0.39, 0.29) is 11.3 Å². The van der Waals surface area contributed by atoms with Crippen molar-refractivity contribution >= 4 is 27.7 Å². The van der Waals surface area contributed by atoms with Crippen LogP contribution in [0.5, 0.6) is 11.5 Å². The van der Waals surface area contributed by atoms with E-state index < -0.39 is 0 Å². The number of halogens is 1. The lowest BCUT2D eigenvalue weighted by Gasteiger charge is -2.14. The number of carbonyl (C=O) groups is 1. The van der Waals surface area contributed by atoms with Gasteiger partial charge in [0.25, 0.3) is 11.9 Å². The first kappa shape index (κ1) is 22.7. The summed E-state index contributed by atoms with van der Waals surface area (Å²) in [5.74, 6) is 1.57. The first-order valence-electron chi connectivity index (χ1n) is 9.94. The van der Waals surface area contributed by atoms with Gasteiger partial charge >= 0.3 is 0 Å². The van der Waals surface area contributed by atoms with E-state index in [0.29, 0.717) is 39.9 Å². The molecule has 1 amide bonds. The summed E-state index contributed by atoms with van der Waals surface area (Å²) in [6.07, 6.45) is 4.12. The second-order valence-corrected chi connectivity index (χ2v) is 8.77. The number of amides is 1. The molecular formula is C22H26BrN5O3. The van der Waals surface area contributed by atoms with Crippen LogP contribution in [-0.2, 0) is 5.41 Å². The van der Waals surface area contributed by atoms with Crippen LogP contribution in [0.15, 0.2) is 41.1 Å². The first-order chi connectivity index (χ1) is 14.7. The minimum atomic E-state index is -0.321. The number of nitrogens with zero attached hydrogens (tertiary/aromatic N) is 4. The van der Waals surface area contributed by atoms with Crippen LogP contribution < -0.4 is 14.8 Å². The average molecular weight is 488 g/mol. The Morgan fingerprint density at radius 2 is 1.90 bits per heavy atom. The molecule has 0 atom stereocenters. The van der Waals surface area contributed by atoms with Crippen molar-refractivity contribution in [2.24, 2.45) is 0 Å². The molecule has 0 unspecified atom stereocenters. The predicted molar refractivity (Wildman–Crippen MR) is 122 cm³/mol. The SMILES string of the molecule is CCCOc1c(Br)cc(C(=O)Nc2cc(C(C)(C)C)nn2-c2ncccn2)cc1OC. The van der Waals surface area contributed by atoms with Gasteiger partial charge in [-0.2, -0.15) is 9.78 Å². The van der Waals surface area contributed by atoms with E-state index in [0.717, 1.165) is 12.1 Å². The summed E-state index contributed by atoms with van der Waals surface area (Å²) in [7, 11) is 1.54. The summed E-state index contributed by atoms with van der Waals surface area (Å²) in [6, 6.07) is 6.91. The summed E-state index contributed by atoms with van der Waals surface area (Å²) in [5, 5.41) is 7.54. The molecule has 9 heteroatoms. The van der Waals surface area contributed by atoms with Gasteiger partial charge in [0.1, 0.15) is 5.82 Å². The van der Waals surface area contributed by atoms with Gasteiger partial charge in [-0.3, -0.25) is 4.79 Å². The molecule has 0 saturated carbocycles. The van der Waals surface area contributed by atoms with Crippen LogP contribution in [0, 0.1) is 0 Å². The minimum absolute atomic E-state index is 0.218. The van der Waals surface area contributed by atoms with Gasteiger partial charge in [-0.1, -0.05) is 27.7 Å². The van der Waals surface area contributed by atoms with Crippen molar-refractivity contribution in [1.82, 2.24) is 19.7 Å². The second-order valence-electron chi connectivity index (χ2n) is 7.92. The number of benzene rings is 1. The predicted octanol–water partition coefficient (Wildman–Crippen LogP) is 4.77. The molecule has 0 aliphatic heterocycles. The van der Waals surface area contributed by atoms with Gasteiger partial charge in [-0.15, -0.1) is 0 Å². The molecule has 1 N–H and O–H groups in total. The Bertz CT molecular complexity index is 1060. The molecule has 0 spiro atoms. The fourth-order valence-corrected chi connectivity index (χ4v) is 3.33. The number of nitrogens with one attached hydrogen (secondary N) is 1. The highest BCUT2D eigenvalue weighted by molar-refractivity contribution is 9.10. The standard InChI is InChI=1S/C22H26BrN5O3/c1-6-10-31-19-15(23)11-14(12-16(19)30-5)20(29)26-18-13-17(22(2,3)4)27-28(18)21-24-8-7-9-25-21/h7-9,11-13H,6,10H2,1-5H3,(H,26,29). The van der Waals surface area contributed by atoms with E-state index in [1.54, 1.807) is 37.7 Å². The van der Waals surface area contributed by atoms with E-state index in [9.17, 15) is 4.79 Å². The molecule has 0 fully saturated rings. The number of hydrogen-bond donors (Lipinski definition) is 1. The highest BCUT2D eigenvalue weighted by Crippen LogP contribution is 2.37. The van der Waals surface area contributed by atoms with Crippen molar-refractivity contribution in [3.05, 3.63) is 52.4 Å². The zero-order valence-electron chi connectivity index (χ0n) is 18.3. The minimum Gasteiger partial charge on any atom is -0.493 e. The van der Waals surface area contributed by atoms with Crippen LogP contribution in [0.4, 0.5) is 5.82 Å². The molecule has 31 heavy (non-hydrogen) atoms. The van der Waals surface area contributed by atoms with Crippen LogP contribution in [0.1, 0.15) is 50.2 Å². The first-order valence-corrected chi connectivity index (χ1v) is 10.7. The monoisotopic (exact) mass is 487 g/mol. The highest BCUT2D eigenvalue weighted by atomic mass is 79.9. The van der Waals surface area contributed by atoms with Crippen LogP contribution in [0.25, 0.3) is 5.95 Å². The molecule has 0 aliphatic carbocycles. The Hall–Kier alpha value is -2.94. The Kier molecular flexibility index (Phi) is 6.94. The summed E-state index contributed by atoms with van der Waals surface area (Å²) >= 11 is 3.48. The van der Waals surface area contributed by atoms with Crippen LogP contribution in [-0.4, -0.2) is 39.4 Å². The maximum atomic E-state index is 13.1. The number of carbonyl (C=O) groups excluding carboxylic acids is 1. The number of hydrogen-bond acceptors (Lipinski definition) is 6. The Morgan fingerprint density at radius 3 is 2.52 bits per heavy atom. The number of anilines is 1. The summed E-state index contributed by atoms with van der Waals surface area (Å²) in [4.78, 5) is 21.6. The molecule has 0 aliphatic rings. The summed E-state index contributed by atoms with van der Waals surface area (Å²) < 4.78 is 13.3. The maximum absolute atomic E-state index is 13.1. The maximum Gasteiger partial charge on any atom is 0.256 e. The van der Waals surface area contributed by atoms with Crippen molar-refractivity contribution in [1.29, 1.82) is 0 Å². The molecule has 2 heterocycles. The van der Waals surface area contributed by atoms with Crippen molar-refractivity contribution in [3.63, 3.8) is 0 Å². The van der Waals surface area contributed by atoms with E-state index >= 15 is 0 Å². The van der Waals surface area contributed by atoms with Gasteiger partial charge in [-0.25, -0.2) is 9.97 Å². The second kappa shape index (κ2) is 9.47. The number of ether oxygens (including phenoxy) is 2. The number of rotatable bonds is 7. The van der Waals surface area contributed by atoms with Gasteiger partial charge in [-0.05, 0) is 40.5 Å². The van der Waals surface area contributed by atoms with Crippen molar-refractivity contribution < 1.29 is 14.3 Å². The molecule has 164 valence electrons. The lowest BCUT2D eigenvalue weighted by Crippen LogP contribution is -2.16. The van der Waals surface area contributed by atoms with Gasteiger partial charge in [0.05, 0.1) is 23.9 Å². The van der Waals surface area contributed by atoms with Crippen LogP contribution >= 0.6 is 15.9 Å². The molecule has 0 radical (unpaired) electrons. The number of aromatic nitrogens is 4. The molecule has 0 saturated heterocycles. The lowest BCUT2D eigenvalue weighted by molar-refractivity contribution is 0.102. The molecular weight excluding hydrogens is 462 g/mol. The van der Waals surface area contributed by atoms with Gasteiger partial charge in [0.2, 0.25) is 0 Å². The van der Waals surface area contributed by atoms with E-state index in [1.165, 1.54) is 4.68 Å². The molecule has 1 aromatic carbocycles. The Morgan fingerprint density at radius 1 is 1.19 bits per heavy atom. The summed E-state index contributed by atoms with van der Waals surface area (Å²) in [5.41, 5.74) is 0.994. The van der Waals surface area contributed by atoms with E-state index in [1.807, 2.05) is 33.8 Å². The molecule has 3 rings (SSSR count). The third kappa shape index (κ3) is 5.22. The summed E-state index contributed by atoms with van der Waals surface area (Å²) in [6.45, 7) is 8.72. The quantitative estimate of drug-likeness (QED) is 0.515. The largest absolute Gasteiger partial charge is 0.493 e. The van der Waals surface area contributed by atoms with Crippen LogP contribution in [0.3, 0.4) is 0 Å². The smallest absolute Gasteiger partial charge is 0.256 e. The zero-order valence-corrected chi connectivity index (χ0v) is 19.9. The van der Waals surface area contributed by atoms with Crippen molar-refractivity contribution in [3.8, 4) is 17.4 Å². The van der Waals surface area contributed by atoms with Gasteiger partial charge in [0.15, 0.2) is 11.5 Å². The van der Waals surface area contributed by atoms with Crippen molar-refractivity contribution in [2.45, 2.75) is 39.5 Å². The third-order valence-corrected chi connectivity index (χ3v) is 4.99. The molecule has 3 aromatic rings. The number of methoxy groups -OCH3 is 1. The van der Waals surface area contributed by atoms with Crippen molar-refractivity contribution in [2.75, 3.05) is 19.0 Å². The Labute approximate surface area is 190 Å². The van der Waals surface area contributed by atoms with Crippen LogP contribution in [0.2, 0.25) is 0 Å². The third-order valence-electron chi connectivity index (χ3n) is 4.40.